The van der Waals surface area contributed by atoms with Crippen molar-refractivity contribution in [2.75, 3.05) is 13.2 Å². The zero-order chi connectivity index (χ0) is 22.5. The summed E-state index contributed by atoms with van der Waals surface area (Å²) in [6, 6.07) is 0. The molecule has 0 aliphatic heterocycles. The number of hydrogen-bond donors (Lipinski definition) is 2. The van der Waals surface area contributed by atoms with Crippen LogP contribution in [-0.2, 0) is 19.1 Å². The third kappa shape index (κ3) is 18.6. The van der Waals surface area contributed by atoms with Gasteiger partial charge in [0.05, 0.1) is 6.61 Å². The van der Waals surface area contributed by atoms with E-state index in [1.165, 1.54) is 58.3 Å². The van der Waals surface area contributed by atoms with E-state index in [9.17, 15) is 9.59 Å². The van der Waals surface area contributed by atoms with Gasteiger partial charge in [0.1, 0.15) is 12.7 Å². The summed E-state index contributed by atoms with van der Waals surface area (Å²) in [5.74, 6) is -1.21. The minimum atomic E-state index is -1.27. The second-order valence-corrected chi connectivity index (χ2v) is 7.93. The summed E-state index contributed by atoms with van der Waals surface area (Å²) in [5.41, 5.74) is 0. The molecule has 0 aliphatic carbocycles. The summed E-state index contributed by atoms with van der Waals surface area (Å²) in [7, 11) is 0. The van der Waals surface area contributed by atoms with E-state index in [0.717, 1.165) is 32.1 Å². The molecule has 0 aromatic rings. The van der Waals surface area contributed by atoms with Crippen LogP contribution in [0.1, 0.15) is 104 Å². The first-order valence-corrected chi connectivity index (χ1v) is 11.8. The van der Waals surface area contributed by atoms with Crippen molar-refractivity contribution in [2.24, 2.45) is 0 Å². The Kier molecular flexibility index (Phi) is 19.9. The highest BCUT2D eigenvalue weighted by Gasteiger charge is 2.19. The first kappa shape index (κ1) is 28.6. The molecule has 2 unspecified atom stereocenters. The molecular weight excluding hydrogens is 384 g/mol. The molecule has 0 bridgehead atoms. The molecule has 0 aromatic heterocycles. The van der Waals surface area contributed by atoms with Crippen molar-refractivity contribution in [3.63, 3.8) is 0 Å². The molecule has 6 nitrogen and oxygen atoms in total. The average Bonchev–Trinajstić information content (AvgIpc) is 2.73. The lowest BCUT2D eigenvalue weighted by atomic mass is 10.1. The Hall–Kier alpha value is -1.40. The van der Waals surface area contributed by atoms with E-state index in [1.54, 1.807) is 0 Å². The van der Waals surface area contributed by atoms with Gasteiger partial charge in [-0.05, 0) is 39.0 Å². The highest BCUT2D eigenvalue weighted by Crippen LogP contribution is 2.10. The maximum absolute atomic E-state index is 11.7. The summed E-state index contributed by atoms with van der Waals surface area (Å²) in [6.45, 7) is 2.86. The zero-order valence-electron chi connectivity index (χ0n) is 19.2. The molecule has 0 fully saturated rings. The summed E-state index contributed by atoms with van der Waals surface area (Å²) in [6.07, 6.45) is 18.3. The number of esters is 2. The quantitative estimate of drug-likeness (QED) is 0.164. The molecule has 0 aliphatic rings. The Labute approximate surface area is 183 Å². The van der Waals surface area contributed by atoms with Crippen LogP contribution in [0.5, 0.6) is 0 Å². The molecule has 0 saturated carbocycles. The minimum Gasteiger partial charge on any atom is -0.462 e. The van der Waals surface area contributed by atoms with Gasteiger partial charge >= 0.3 is 11.9 Å². The van der Waals surface area contributed by atoms with Crippen LogP contribution in [0.25, 0.3) is 0 Å². The van der Waals surface area contributed by atoms with Gasteiger partial charge in [-0.3, -0.25) is 4.79 Å². The maximum Gasteiger partial charge on any atom is 0.335 e. The van der Waals surface area contributed by atoms with Gasteiger partial charge < -0.3 is 19.7 Å². The molecule has 0 rings (SSSR count). The predicted octanol–water partition coefficient (Wildman–Crippen LogP) is 4.85. The summed E-state index contributed by atoms with van der Waals surface area (Å²) in [4.78, 5) is 23.0. The zero-order valence-corrected chi connectivity index (χ0v) is 19.2. The Balaban J connectivity index is 3.50. The lowest BCUT2D eigenvalue weighted by Crippen LogP contribution is -2.32. The number of aliphatic hydroxyl groups is 2. The molecule has 30 heavy (non-hydrogen) atoms. The Morgan fingerprint density at radius 1 is 0.867 bits per heavy atom. The van der Waals surface area contributed by atoms with Crippen LogP contribution < -0.4 is 0 Å². The number of ether oxygens (including phenoxy) is 2. The monoisotopic (exact) mass is 428 g/mol. The van der Waals surface area contributed by atoms with Crippen LogP contribution in [-0.4, -0.2) is 47.6 Å². The van der Waals surface area contributed by atoms with Crippen molar-refractivity contribution >= 4 is 11.9 Å². The van der Waals surface area contributed by atoms with Gasteiger partial charge in [-0.15, -0.1) is 0 Å². The van der Waals surface area contributed by atoms with Crippen molar-refractivity contribution in [1.82, 2.24) is 0 Å². The van der Waals surface area contributed by atoms with Crippen molar-refractivity contribution in [1.29, 1.82) is 0 Å². The smallest absolute Gasteiger partial charge is 0.335 e. The van der Waals surface area contributed by atoms with Gasteiger partial charge in [-0.25, -0.2) is 4.79 Å². The number of allylic oxidation sites excluding steroid dienone is 2. The summed E-state index contributed by atoms with van der Waals surface area (Å²) in [5, 5.41) is 18.2. The molecular formula is C24H44O6. The van der Waals surface area contributed by atoms with Crippen LogP contribution in [0.2, 0.25) is 0 Å². The number of aliphatic hydroxyl groups excluding tert-OH is 2. The molecule has 0 spiro atoms. The summed E-state index contributed by atoms with van der Waals surface area (Å²) >= 11 is 0. The fourth-order valence-corrected chi connectivity index (χ4v) is 2.98. The second kappa shape index (κ2) is 20.9. The minimum absolute atomic E-state index is 0.196. The number of rotatable bonds is 20. The molecule has 0 saturated heterocycles. The Morgan fingerprint density at radius 2 is 1.40 bits per heavy atom. The molecule has 176 valence electrons. The van der Waals surface area contributed by atoms with Gasteiger partial charge in [0.15, 0.2) is 6.10 Å². The first-order chi connectivity index (χ1) is 14.5. The highest BCUT2D eigenvalue weighted by atomic mass is 16.6. The van der Waals surface area contributed by atoms with Gasteiger partial charge in [0.2, 0.25) is 0 Å². The first-order valence-electron chi connectivity index (χ1n) is 11.8. The van der Waals surface area contributed by atoms with Crippen molar-refractivity contribution < 1.29 is 29.3 Å². The van der Waals surface area contributed by atoms with E-state index in [-0.39, 0.29) is 12.6 Å². The van der Waals surface area contributed by atoms with E-state index < -0.39 is 24.8 Å². The molecule has 0 amide bonds. The topological polar surface area (TPSA) is 93.1 Å². The van der Waals surface area contributed by atoms with Crippen molar-refractivity contribution in [2.45, 2.75) is 116 Å². The maximum atomic E-state index is 11.7. The molecule has 2 atom stereocenters. The third-order valence-electron chi connectivity index (χ3n) is 4.90. The summed E-state index contributed by atoms with van der Waals surface area (Å²) < 4.78 is 9.85. The highest BCUT2D eigenvalue weighted by molar-refractivity contribution is 5.74. The molecule has 0 radical (unpaired) electrons. The largest absolute Gasteiger partial charge is 0.462 e. The van der Waals surface area contributed by atoms with Crippen LogP contribution in [0.4, 0.5) is 0 Å². The van der Waals surface area contributed by atoms with E-state index in [1.807, 2.05) is 0 Å². The fourth-order valence-electron chi connectivity index (χ4n) is 2.98. The van der Waals surface area contributed by atoms with E-state index in [4.69, 9.17) is 19.7 Å². The van der Waals surface area contributed by atoms with Crippen LogP contribution in [0.3, 0.4) is 0 Å². The van der Waals surface area contributed by atoms with Gasteiger partial charge in [-0.2, -0.15) is 0 Å². The van der Waals surface area contributed by atoms with Gasteiger partial charge in [-0.1, -0.05) is 70.4 Å². The van der Waals surface area contributed by atoms with Crippen LogP contribution in [0.15, 0.2) is 12.2 Å². The van der Waals surface area contributed by atoms with Crippen LogP contribution >= 0.6 is 0 Å². The van der Waals surface area contributed by atoms with Crippen molar-refractivity contribution in [3.05, 3.63) is 12.2 Å². The third-order valence-corrected chi connectivity index (χ3v) is 4.90. The fraction of sp³-hybridized carbons (Fsp3) is 0.833. The van der Waals surface area contributed by atoms with Gasteiger partial charge in [0.25, 0.3) is 0 Å². The van der Waals surface area contributed by atoms with E-state index in [0.29, 0.717) is 6.42 Å². The number of hydrogen-bond acceptors (Lipinski definition) is 6. The average molecular weight is 429 g/mol. The lowest BCUT2D eigenvalue weighted by Gasteiger charge is -2.16. The predicted molar refractivity (Wildman–Crippen MR) is 119 cm³/mol. The molecule has 0 heterocycles. The van der Waals surface area contributed by atoms with E-state index in [2.05, 4.69) is 19.1 Å². The molecule has 6 heteroatoms. The Morgan fingerprint density at radius 3 is 1.93 bits per heavy atom. The molecule has 0 aromatic carbocycles. The second-order valence-electron chi connectivity index (χ2n) is 7.93. The Bertz CT molecular complexity index is 447. The number of carbonyl (C=O) groups excluding carboxylic acids is 2. The van der Waals surface area contributed by atoms with E-state index >= 15 is 0 Å². The SMILES string of the molecule is CCCCCCCCC=CCCCCCCCC(=O)OCC(CO)OC(=O)C(C)O. The van der Waals surface area contributed by atoms with Gasteiger partial charge in [0, 0.05) is 6.42 Å². The van der Waals surface area contributed by atoms with Crippen LogP contribution in [0, 0.1) is 0 Å². The number of carbonyl (C=O) groups is 2. The molecule has 2 N–H and O–H groups in total. The normalized spacial score (nSPS) is 13.3. The number of unbranched alkanes of at least 4 members (excludes halogenated alkanes) is 11. The lowest BCUT2D eigenvalue weighted by molar-refractivity contribution is -0.167. The standard InChI is InChI=1S/C24H44O6/c1-3-4-5-6-7-8-9-10-11-12-13-14-15-16-17-18-23(27)29-20-22(19-25)30-24(28)21(2)26/h10-11,21-22,25-26H,3-9,12-20H2,1-2H3. The van der Waals surface area contributed by atoms with Crippen molar-refractivity contribution in [3.8, 4) is 0 Å².